The molecule has 4 aromatic rings. The number of rotatable bonds is 10. The van der Waals surface area contributed by atoms with E-state index in [1.165, 1.54) is 24.3 Å². The van der Waals surface area contributed by atoms with Crippen LogP contribution in [0.3, 0.4) is 0 Å². The Labute approximate surface area is 320 Å². The summed E-state index contributed by atoms with van der Waals surface area (Å²) in [5, 5.41) is 10.00. The minimum atomic E-state index is -4.72. The van der Waals surface area contributed by atoms with E-state index >= 15 is 0 Å². The Morgan fingerprint density at radius 1 is 0.944 bits per heavy atom. The van der Waals surface area contributed by atoms with Crippen LogP contribution in [0.4, 0.5) is 13.2 Å². The minimum absolute atomic E-state index is 0.0682. The molecule has 0 unspecified atom stereocenters. The van der Waals surface area contributed by atoms with E-state index in [0.717, 1.165) is 40.4 Å². The second-order valence-corrected chi connectivity index (χ2v) is 14.6. The number of hydrogen-bond donors (Lipinski definition) is 6. The van der Waals surface area contributed by atoms with Crippen LogP contribution in [-0.2, 0) is 40.1 Å². The molecule has 1 aliphatic heterocycles. The van der Waals surface area contributed by atoms with Crippen LogP contribution in [0.1, 0.15) is 60.9 Å². The van der Waals surface area contributed by atoms with Crippen molar-refractivity contribution in [1.29, 1.82) is 0 Å². The van der Waals surface area contributed by atoms with Crippen LogP contribution in [0.25, 0.3) is 10.9 Å². The Bertz CT molecular complexity index is 1930. The molecular formula is C37H45ClF3N9O3S. The van der Waals surface area contributed by atoms with Crippen LogP contribution in [0.2, 0.25) is 5.02 Å². The van der Waals surface area contributed by atoms with Crippen molar-refractivity contribution < 1.29 is 27.6 Å². The number of fused-ring (bicyclic) bond motifs is 3. The van der Waals surface area contributed by atoms with E-state index in [4.69, 9.17) is 23.1 Å². The number of benzene rings is 2. The number of halogens is 4. The molecule has 0 fully saturated rings. The maximum atomic E-state index is 14.4. The minimum Gasteiger partial charge on any atom is -0.361 e. The first-order valence-corrected chi connectivity index (χ1v) is 19.0. The lowest BCUT2D eigenvalue weighted by molar-refractivity contribution is -0.142. The second-order valence-electron chi connectivity index (χ2n) is 13.2. The van der Waals surface area contributed by atoms with Gasteiger partial charge in [0.2, 0.25) is 17.7 Å². The van der Waals surface area contributed by atoms with E-state index in [0.29, 0.717) is 55.9 Å². The zero-order chi connectivity index (χ0) is 38.8. The monoisotopic (exact) mass is 787 g/mol. The van der Waals surface area contributed by atoms with E-state index in [1.807, 2.05) is 24.3 Å². The van der Waals surface area contributed by atoms with Gasteiger partial charge in [0.25, 0.3) is 0 Å². The lowest BCUT2D eigenvalue weighted by Crippen LogP contribution is -2.57. The van der Waals surface area contributed by atoms with E-state index in [-0.39, 0.29) is 41.4 Å². The van der Waals surface area contributed by atoms with Crippen molar-refractivity contribution in [2.45, 2.75) is 92.3 Å². The van der Waals surface area contributed by atoms with Gasteiger partial charge in [-0.15, -0.1) is 0 Å². The third-order valence-corrected chi connectivity index (χ3v) is 11.0. The van der Waals surface area contributed by atoms with Crippen LogP contribution in [0, 0.1) is 0 Å². The summed E-state index contributed by atoms with van der Waals surface area (Å²) in [5.41, 5.74) is 12.6. The molecule has 3 heterocycles. The lowest BCUT2D eigenvalue weighted by Gasteiger charge is -2.32. The number of para-hydroxylation sites is 1. The molecule has 54 heavy (non-hydrogen) atoms. The van der Waals surface area contributed by atoms with Gasteiger partial charge < -0.3 is 37.3 Å². The van der Waals surface area contributed by atoms with Gasteiger partial charge in [-0.2, -0.15) is 13.2 Å². The quantitative estimate of drug-likeness (QED) is 0.124. The van der Waals surface area contributed by atoms with Crippen molar-refractivity contribution in [3.8, 4) is 0 Å². The lowest BCUT2D eigenvalue weighted by atomic mass is 10.0. The summed E-state index contributed by atoms with van der Waals surface area (Å²) in [4.78, 5) is 56.3. The van der Waals surface area contributed by atoms with Crippen molar-refractivity contribution >= 4 is 52.0 Å². The van der Waals surface area contributed by atoms with Crippen molar-refractivity contribution in [3.05, 3.63) is 82.4 Å². The highest BCUT2D eigenvalue weighted by Crippen LogP contribution is 2.41. The van der Waals surface area contributed by atoms with Gasteiger partial charge in [0, 0.05) is 60.9 Å². The first-order valence-electron chi connectivity index (χ1n) is 17.8. The molecule has 17 heteroatoms. The molecule has 0 aliphatic carbocycles. The molecule has 3 amide bonds. The second kappa shape index (κ2) is 18.9. The molecule has 1 aliphatic rings. The number of nitrogens with two attached hydrogens (primary N) is 2. The summed E-state index contributed by atoms with van der Waals surface area (Å²) in [6.45, 7) is 0.546. The molecule has 0 bridgehead atoms. The number of hydrogen-bond acceptors (Lipinski definition) is 9. The molecule has 0 saturated heterocycles. The average molecular weight is 788 g/mol. The van der Waals surface area contributed by atoms with Gasteiger partial charge in [0.05, 0.1) is 22.3 Å². The van der Waals surface area contributed by atoms with Crippen LogP contribution >= 0.6 is 23.4 Å². The number of aromatic amines is 1. The fourth-order valence-corrected chi connectivity index (χ4v) is 7.71. The molecular weight excluding hydrogens is 743 g/mol. The Hall–Kier alpha value is -4.22. The molecule has 2 aromatic carbocycles. The van der Waals surface area contributed by atoms with Crippen LogP contribution < -0.4 is 27.4 Å². The number of amides is 3. The highest BCUT2D eigenvalue weighted by molar-refractivity contribution is 7.99. The van der Waals surface area contributed by atoms with Crippen LogP contribution in [-0.4, -0.2) is 75.8 Å². The van der Waals surface area contributed by atoms with Crippen LogP contribution in [0.5, 0.6) is 0 Å². The Balaban J connectivity index is 1.61. The predicted octanol–water partition coefficient (Wildman–Crippen LogP) is 4.68. The normalized spacial score (nSPS) is 19.2. The van der Waals surface area contributed by atoms with Gasteiger partial charge in [0.15, 0.2) is 0 Å². The van der Waals surface area contributed by atoms with Crippen molar-refractivity contribution in [1.82, 2.24) is 35.8 Å². The molecule has 3 atom stereocenters. The molecule has 0 saturated carbocycles. The zero-order valence-corrected chi connectivity index (χ0v) is 31.4. The molecule has 0 spiro atoms. The fraction of sp³-hybridized carbons (Fsp3) is 0.432. The molecule has 2 aromatic heterocycles. The number of aromatic nitrogens is 3. The first-order chi connectivity index (χ1) is 25.9. The van der Waals surface area contributed by atoms with Crippen molar-refractivity contribution in [2.24, 2.45) is 11.5 Å². The largest absolute Gasteiger partial charge is 0.416 e. The highest BCUT2D eigenvalue weighted by atomic mass is 35.5. The number of alkyl halides is 3. The van der Waals surface area contributed by atoms with Crippen molar-refractivity contribution in [2.75, 3.05) is 20.1 Å². The summed E-state index contributed by atoms with van der Waals surface area (Å²) in [7, 11) is 1.49. The van der Waals surface area contributed by atoms with Crippen LogP contribution in [0.15, 0.2) is 64.9 Å². The number of H-pyrrole nitrogens is 1. The SMILES string of the molecule is CN1C(=O)[C@H](CCCCN)NC(=O)[C@H](CCCCN)NCc2nccnc2Sc2c(Cl)cc(C(F)(F)F)cc2CNC(=O)[C@@H]1Cc1c[nH]c2ccccc12. The van der Waals surface area contributed by atoms with E-state index in [1.54, 1.807) is 6.20 Å². The number of carbonyl (C=O) groups excluding carboxylic acids is 3. The maximum absolute atomic E-state index is 14.4. The predicted molar refractivity (Wildman–Crippen MR) is 201 cm³/mol. The summed E-state index contributed by atoms with van der Waals surface area (Å²) in [6.07, 6.45) is 3.11. The van der Waals surface area contributed by atoms with E-state index in [9.17, 15) is 27.6 Å². The van der Waals surface area contributed by atoms with Gasteiger partial charge in [-0.3, -0.25) is 19.4 Å². The number of nitrogens with one attached hydrogen (secondary N) is 4. The van der Waals surface area contributed by atoms with Gasteiger partial charge in [0.1, 0.15) is 17.1 Å². The molecule has 8 N–H and O–H groups in total. The zero-order valence-electron chi connectivity index (χ0n) is 29.8. The van der Waals surface area contributed by atoms with Gasteiger partial charge in [-0.1, -0.05) is 48.0 Å². The van der Waals surface area contributed by atoms with E-state index < -0.39 is 47.6 Å². The van der Waals surface area contributed by atoms with Crippen molar-refractivity contribution in [3.63, 3.8) is 0 Å². The van der Waals surface area contributed by atoms with E-state index in [2.05, 4.69) is 30.9 Å². The Morgan fingerprint density at radius 3 is 2.37 bits per heavy atom. The standard InChI is InChI=1S/C37H45ClF3N9O3S/c1-50-31(17-22-19-46-27-9-3-2-8-25(22)27)34(52)48-20-23-16-24(37(39,40)41)18-26(38)32(23)54-35-30(44-14-15-45-35)21-47-28(10-4-6-12-42)33(51)49-29(36(50)53)11-5-7-13-43/h2-3,8-9,14-16,18-19,28-29,31,46-47H,4-7,10-13,17,20-21,42-43H2,1H3,(H,48,52)(H,49,51)/t28-,29-,31-/m0/s1. The number of carbonyl (C=O) groups is 3. The number of likely N-dealkylation sites (N-methyl/N-ethyl adjacent to an activating group) is 1. The Kier molecular flexibility index (Phi) is 14.3. The third-order valence-electron chi connectivity index (χ3n) is 9.38. The topological polar surface area (TPSA) is 184 Å². The number of nitrogens with zero attached hydrogens (tertiary/aromatic N) is 3. The molecule has 290 valence electrons. The maximum Gasteiger partial charge on any atom is 0.416 e. The summed E-state index contributed by atoms with van der Waals surface area (Å²) < 4.78 is 42.2. The average Bonchev–Trinajstić information content (AvgIpc) is 3.56. The summed E-state index contributed by atoms with van der Waals surface area (Å²) in [5.74, 6) is -1.53. The van der Waals surface area contributed by atoms with Gasteiger partial charge in [-0.25, -0.2) is 4.98 Å². The number of unbranched alkanes of at least 4 members (excludes halogenated alkanes) is 2. The van der Waals surface area contributed by atoms with Gasteiger partial charge >= 0.3 is 6.18 Å². The highest BCUT2D eigenvalue weighted by Gasteiger charge is 2.35. The first kappa shape index (κ1) is 41.0. The fourth-order valence-electron chi connectivity index (χ4n) is 6.39. The Morgan fingerprint density at radius 2 is 1.65 bits per heavy atom. The van der Waals surface area contributed by atoms with Gasteiger partial charge in [-0.05, 0) is 74.5 Å². The summed E-state index contributed by atoms with van der Waals surface area (Å²) in [6, 6.07) is 6.39. The molecule has 12 nitrogen and oxygen atoms in total. The molecule has 5 rings (SSSR count). The summed E-state index contributed by atoms with van der Waals surface area (Å²) >= 11 is 7.56. The smallest absolute Gasteiger partial charge is 0.361 e. The third kappa shape index (κ3) is 10.3. The molecule has 0 radical (unpaired) electrons.